The monoisotopic (exact) mass is 470 g/mol. The summed E-state index contributed by atoms with van der Waals surface area (Å²) < 4.78 is 21.0. The molecule has 0 aliphatic rings. The van der Waals surface area contributed by atoms with Crippen LogP contribution in [-0.2, 0) is 20.7 Å². The second kappa shape index (κ2) is 11.3. The minimum absolute atomic E-state index is 0.0980. The Morgan fingerprint density at radius 3 is 2.27 bits per heavy atom. The molecule has 8 nitrogen and oxygen atoms in total. The van der Waals surface area contributed by atoms with E-state index in [1.165, 1.54) is 32.7 Å². The highest BCUT2D eigenvalue weighted by molar-refractivity contribution is 7.14. The average Bonchev–Trinajstić information content (AvgIpc) is 3.29. The molecule has 9 heteroatoms. The third kappa shape index (κ3) is 6.45. The molecule has 0 bridgehead atoms. The van der Waals surface area contributed by atoms with Gasteiger partial charge in [-0.05, 0) is 31.0 Å². The van der Waals surface area contributed by atoms with Crippen molar-refractivity contribution in [2.75, 3.05) is 33.3 Å². The smallest absolute Gasteiger partial charge is 0.306 e. The number of nitrogens with one attached hydrogen (secondary N) is 1. The molecular weight excluding hydrogens is 444 g/mol. The summed E-state index contributed by atoms with van der Waals surface area (Å²) in [4.78, 5) is 28.7. The molecule has 33 heavy (non-hydrogen) atoms. The summed E-state index contributed by atoms with van der Waals surface area (Å²) >= 11 is 1.31. The normalized spacial score (nSPS) is 10.4. The number of benzene rings is 2. The summed E-state index contributed by atoms with van der Waals surface area (Å²) in [6, 6.07) is 11.5. The van der Waals surface area contributed by atoms with Gasteiger partial charge in [-0.15, -0.1) is 11.3 Å². The number of rotatable bonds is 10. The van der Waals surface area contributed by atoms with Gasteiger partial charge < -0.3 is 18.9 Å². The first-order valence-corrected chi connectivity index (χ1v) is 11.1. The highest BCUT2D eigenvalue weighted by Crippen LogP contribution is 2.38. The molecule has 1 heterocycles. The van der Waals surface area contributed by atoms with Crippen molar-refractivity contribution in [3.05, 3.63) is 52.9 Å². The standard InChI is InChI=1S/C24H26N2O6S/c1-15-5-8-17(9-6-15)18-14-33-24(25-18)26-21(27)13-32-22(28)10-7-16-11-19(29-2)23(31-4)20(12-16)30-3/h5-6,8-9,11-12,14H,7,10,13H2,1-4H3,(H,25,26,27). The third-order valence-electron chi connectivity index (χ3n) is 4.80. The largest absolute Gasteiger partial charge is 0.493 e. The molecule has 0 spiro atoms. The molecule has 1 amide bonds. The fraction of sp³-hybridized carbons (Fsp3) is 0.292. The van der Waals surface area contributed by atoms with Gasteiger partial charge in [0.05, 0.1) is 27.0 Å². The van der Waals surface area contributed by atoms with Gasteiger partial charge in [-0.1, -0.05) is 29.8 Å². The zero-order valence-corrected chi connectivity index (χ0v) is 19.8. The average molecular weight is 471 g/mol. The quantitative estimate of drug-likeness (QED) is 0.442. The molecular formula is C24H26N2O6S. The van der Waals surface area contributed by atoms with Crippen LogP contribution in [0.1, 0.15) is 17.5 Å². The van der Waals surface area contributed by atoms with Crippen LogP contribution in [0.2, 0.25) is 0 Å². The molecule has 3 aromatic rings. The Morgan fingerprint density at radius 1 is 1.00 bits per heavy atom. The first-order valence-electron chi connectivity index (χ1n) is 10.2. The van der Waals surface area contributed by atoms with Crippen molar-refractivity contribution in [3.63, 3.8) is 0 Å². The fourth-order valence-corrected chi connectivity index (χ4v) is 3.82. The number of amides is 1. The maximum atomic E-state index is 12.2. The topological polar surface area (TPSA) is 96.0 Å². The number of aromatic nitrogens is 1. The first-order chi connectivity index (χ1) is 15.9. The van der Waals surface area contributed by atoms with E-state index in [0.717, 1.165) is 22.4 Å². The number of anilines is 1. The Bertz CT molecular complexity index is 1090. The molecule has 3 rings (SSSR count). The Morgan fingerprint density at radius 2 is 1.67 bits per heavy atom. The highest BCUT2D eigenvalue weighted by atomic mass is 32.1. The van der Waals surface area contributed by atoms with E-state index in [9.17, 15) is 9.59 Å². The molecule has 0 fully saturated rings. The van der Waals surface area contributed by atoms with Gasteiger partial charge in [-0.3, -0.25) is 14.9 Å². The Balaban J connectivity index is 1.48. The zero-order chi connectivity index (χ0) is 23.8. The van der Waals surface area contributed by atoms with Gasteiger partial charge >= 0.3 is 5.97 Å². The summed E-state index contributed by atoms with van der Waals surface area (Å²) in [5, 5.41) is 4.97. The van der Waals surface area contributed by atoms with E-state index in [1.807, 2.05) is 36.6 Å². The summed E-state index contributed by atoms with van der Waals surface area (Å²) in [6.07, 6.45) is 0.490. The molecule has 0 radical (unpaired) electrons. The first kappa shape index (κ1) is 24.1. The van der Waals surface area contributed by atoms with E-state index in [-0.39, 0.29) is 13.0 Å². The maximum Gasteiger partial charge on any atom is 0.306 e. The van der Waals surface area contributed by atoms with Crippen LogP contribution in [-0.4, -0.2) is 44.8 Å². The minimum Gasteiger partial charge on any atom is -0.493 e. The van der Waals surface area contributed by atoms with E-state index in [0.29, 0.717) is 28.8 Å². The van der Waals surface area contributed by atoms with Crippen LogP contribution in [0, 0.1) is 6.92 Å². The number of hydrogen-bond donors (Lipinski definition) is 1. The van der Waals surface area contributed by atoms with Gasteiger partial charge in [0.2, 0.25) is 5.75 Å². The summed E-state index contributed by atoms with van der Waals surface area (Å²) in [6.45, 7) is 1.63. The molecule has 0 atom stereocenters. The molecule has 0 aliphatic heterocycles. The van der Waals surface area contributed by atoms with Crippen molar-refractivity contribution in [1.82, 2.24) is 4.98 Å². The number of carbonyl (C=O) groups excluding carboxylic acids is 2. The van der Waals surface area contributed by atoms with Crippen molar-refractivity contribution in [3.8, 4) is 28.5 Å². The van der Waals surface area contributed by atoms with Gasteiger partial charge in [0, 0.05) is 17.4 Å². The van der Waals surface area contributed by atoms with E-state index in [1.54, 1.807) is 12.1 Å². The lowest BCUT2D eigenvalue weighted by Gasteiger charge is -2.14. The predicted molar refractivity (Wildman–Crippen MR) is 126 cm³/mol. The Hall–Kier alpha value is -3.59. The lowest BCUT2D eigenvalue weighted by molar-refractivity contribution is -0.147. The maximum absolute atomic E-state index is 12.2. The van der Waals surface area contributed by atoms with Crippen LogP contribution in [0.4, 0.5) is 5.13 Å². The number of methoxy groups -OCH3 is 3. The van der Waals surface area contributed by atoms with E-state index in [4.69, 9.17) is 18.9 Å². The molecule has 2 aromatic carbocycles. The minimum atomic E-state index is -0.488. The van der Waals surface area contributed by atoms with E-state index < -0.39 is 11.9 Å². The second-order valence-corrected chi connectivity index (χ2v) is 8.00. The van der Waals surface area contributed by atoms with Crippen molar-refractivity contribution in [2.45, 2.75) is 19.8 Å². The summed E-state index contributed by atoms with van der Waals surface area (Å²) in [5.74, 6) is 0.566. The highest BCUT2D eigenvalue weighted by Gasteiger charge is 2.15. The van der Waals surface area contributed by atoms with Gasteiger partial charge in [0.15, 0.2) is 23.2 Å². The predicted octanol–water partition coefficient (Wildman–Crippen LogP) is 4.26. The molecule has 0 saturated carbocycles. The summed E-state index contributed by atoms with van der Waals surface area (Å²) in [5.41, 5.74) is 3.72. The van der Waals surface area contributed by atoms with Gasteiger partial charge in [-0.25, -0.2) is 4.98 Å². The van der Waals surface area contributed by atoms with E-state index >= 15 is 0 Å². The SMILES string of the molecule is COc1cc(CCC(=O)OCC(=O)Nc2nc(-c3ccc(C)cc3)cs2)cc(OC)c1OC. The molecule has 1 N–H and O–H groups in total. The van der Waals surface area contributed by atoms with Crippen molar-refractivity contribution in [1.29, 1.82) is 0 Å². The van der Waals surface area contributed by atoms with Crippen molar-refractivity contribution >= 4 is 28.3 Å². The lowest BCUT2D eigenvalue weighted by Crippen LogP contribution is -2.21. The summed E-state index contributed by atoms with van der Waals surface area (Å²) in [7, 11) is 4.58. The van der Waals surface area contributed by atoms with Gasteiger partial charge in [0.1, 0.15) is 0 Å². The number of esters is 1. The number of aryl methyl sites for hydroxylation is 2. The van der Waals surface area contributed by atoms with E-state index in [2.05, 4.69) is 10.3 Å². The van der Waals surface area contributed by atoms with Crippen LogP contribution < -0.4 is 19.5 Å². The fourth-order valence-electron chi connectivity index (χ4n) is 3.09. The number of hydrogen-bond acceptors (Lipinski definition) is 8. The molecule has 1 aromatic heterocycles. The Labute approximate surface area is 196 Å². The number of nitrogens with zero attached hydrogens (tertiary/aromatic N) is 1. The molecule has 174 valence electrons. The molecule has 0 unspecified atom stereocenters. The van der Waals surface area contributed by atoms with Crippen LogP contribution in [0.5, 0.6) is 17.2 Å². The molecule has 0 aliphatic carbocycles. The zero-order valence-electron chi connectivity index (χ0n) is 19.0. The number of carbonyl (C=O) groups is 2. The van der Waals surface area contributed by atoms with Crippen LogP contribution >= 0.6 is 11.3 Å². The van der Waals surface area contributed by atoms with Crippen molar-refractivity contribution < 1.29 is 28.5 Å². The lowest BCUT2D eigenvalue weighted by atomic mass is 10.1. The molecule has 0 saturated heterocycles. The van der Waals surface area contributed by atoms with Gasteiger partial charge in [0.25, 0.3) is 5.91 Å². The third-order valence-corrected chi connectivity index (χ3v) is 5.56. The van der Waals surface area contributed by atoms with Crippen LogP contribution in [0.3, 0.4) is 0 Å². The number of ether oxygens (including phenoxy) is 4. The number of thiazole rings is 1. The second-order valence-electron chi connectivity index (χ2n) is 7.15. The van der Waals surface area contributed by atoms with Crippen LogP contribution in [0.15, 0.2) is 41.8 Å². The Kier molecular flexibility index (Phi) is 8.26. The van der Waals surface area contributed by atoms with Gasteiger partial charge in [-0.2, -0.15) is 0 Å². The van der Waals surface area contributed by atoms with Crippen LogP contribution in [0.25, 0.3) is 11.3 Å². The van der Waals surface area contributed by atoms with Crippen molar-refractivity contribution in [2.24, 2.45) is 0 Å².